The minimum absolute atomic E-state index is 0.0727. The molecule has 2 heterocycles. The van der Waals surface area contributed by atoms with Crippen molar-refractivity contribution in [3.63, 3.8) is 0 Å². The third-order valence-electron chi connectivity index (χ3n) is 5.44. The molecule has 0 aliphatic rings. The predicted octanol–water partition coefficient (Wildman–Crippen LogP) is 4.54. The summed E-state index contributed by atoms with van der Waals surface area (Å²) in [6.07, 6.45) is 1.85. The molecule has 0 bridgehead atoms. The zero-order valence-electron chi connectivity index (χ0n) is 19.2. The highest BCUT2D eigenvalue weighted by Crippen LogP contribution is 2.28. The summed E-state index contributed by atoms with van der Waals surface area (Å²) in [5.41, 5.74) is 4.75. The number of hydrogen-bond donors (Lipinski definition) is 0. The standard InChI is InChI=1S/C27H24N2O4S/c1-17-12-18(2)14-20(13-17)32-10-11-33-23-9-8-19(15-24(23)31-3)16-25-26(30)29-22-7-5-4-6-21(22)28-27(29)34-25/h4-9,12-16H,10-11H2,1-3H3/b25-16-. The minimum atomic E-state index is -0.0727. The number of benzene rings is 3. The first-order valence-electron chi connectivity index (χ1n) is 11.0. The molecule has 6 nitrogen and oxygen atoms in total. The zero-order valence-corrected chi connectivity index (χ0v) is 20.0. The molecular formula is C27H24N2O4S. The number of ether oxygens (including phenoxy) is 3. The van der Waals surface area contributed by atoms with Crippen LogP contribution in [0, 0.1) is 13.8 Å². The van der Waals surface area contributed by atoms with Crippen molar-refractivity contribution in [1.82, 2.24) is 9.38 Å². The number of imidazole rings is 1. The number of methoxy groups -OCH3 is 1. The Morgan fingerprint density at radius 2 is 1.71 bits per heavy atom. The number of aromatic nitrogens is 2. The van der Waals surface area contributed by atoms with Gasteiger partial charge in [0.1, 0.15) is 19.0 Å². The van der Waals surface area contributed by atoms with E-state index in [1.54, 1.807) is 11.5 Å². The van der Waals surface area contributed by atoms with Crippen molar-refractivity contribution in [3.05, 3.63) is 92.2 Å². The second kappa shape index (κ2) is 9.19. The van der Waals surface area contributed by atoms with Gasteiger partial charge in [-0.3, -0.25) is 4.79 Å². The smallest absolute Gasteiger partial charge is 0.274 e. The van der Waals surface area contributed by atoms with Gasteiger partial charge in [-0.15, -0.1) is 0 Å². The van der Waals surface area contributed by atoms with Crippen LogP contribution in [0.4, 0.5) is 0 Å². The summed E-state index contributed by atoms with van der Waals surface area (Å²) in [6, 6.07) is 19.4. The number of thiazole rings is 1. The van der Waals surface area contributed by atoms with Crippen LogP contribution in [0.15, 0.2) is 65.5 Å². The van der Waals surface area contributed by atoms with Crippen molar-refractivity contribution in [3.8, 4) is 17.2 Å². The Morgan fingerprint density at radius 1 is 0.941 bits per heavy atom. The van der Waals surface area contributed by atoms with Gasteiger partial charge in [-0.1, -0.05) is 35.6 Å². The molecule has 0 radical (unpaired) electrons. The Kier molecular flexibility index (Phi) is 5.94. The van der Waals surface area contributed by atoms with Crippen LogP contribution in [0.5, 0.6) is 17.2 Å². The van der Waals surface area contributed by atoms with Crippen LogP contribution < -0.4 is 24.3 Å². The summed E-state index contributed by atoms with van der Waals surface area (Å²) in [5, 5.41) is 0. The number of rotatable bonds is 7. The van der Waals surface area contributed by atoms with Gasteiger partial charge in [0, 0.05) is 0 Å². The third-order valence-corrected chi connectivity index (χ3v) is 6.40. The van der Waals surface area contributed by atoms with Crippen LogP contribution in [0.3, 0.4) is 0 Å². The minimum Gasteiger partial charge on any atom is -0.493 e. The van der Waals surface area contributed by atoms with Crippen LogP contribution in [0.2, 0.25) is 0 Å². The maximum atomic E-state index is 13.0. The second-order valence-corrected chi connectivity index (χ2v) is 9.07. The molecule has 0 aliphatic heterocycles. The van der Waals surface area contributed by atoms with E-state index in [1.807, 2.05) is 74.5 Å². The molecule has 0 unspecified atom stereocenters. The fraction of sp³-hybridized carbons (Fsp3) is 0.185. The normalized spacial score (nSPS) is 11.9. The second-order valence-electron chi connectivity index (χ2n) is 8.06. The van der Waals surface area contributed by atoms with E-state index in [4.69, 9.17) is 14.2 Å². The van der Waals surface area contributed by atoms with Gasteiger partial charge < -0.3 is 14.2 Å². The highest BCUT2D eigenvalue weighted by atomic mass is 32.1. The van der Waals surface area contributed by atoms with Crippen molar-refractivity contribution in [1.29, 1.82) is 0 Å². The topological polar surface area (TPSA) is 62.1 Å². The van der Waals surface area contributed by atoms with Crippen LogP contribution in [0.25, 0.3) is 22.1 Å². The van der Waals surface area contributed by atoms with Gasteiger partial charge in [0.05, 0.1) is 22.7 Å². The molecule has 0 atom stereocenters. The summed E-state index contributed by atoms with van der Waals surface area (Å²) in [6.45, 7) is 4.90. The Morgan fingerprint density at radius 3 is 2.50 bits per heavy atom. The van der Waals surface area contributed by atoms with E-state index >= 15 is 0 Å². The molecule has 7 heteroatoms. The summed E-state index contributed by atoms with van der Waals surface area (Å²) >= 11 is 1.37. The van der Waals surface area contributed by atoms with Crippen LogP contribution in [0.1, 0.15) is 16.7 Å². The van der Waals surface area contributed by atoms with Crippen molar-refractivity contribution in [2.75, 3.05) is 20.3 Å². The van der Waals surface area contributed by atoms with E-state index in [9.17, 15) is 4.79 Å². The molecule has 3 aromatic carbocycles. The van der Waals surface area contributed by atoms with Crippen molar-refractivity contribution in [2.24, 2.45) is 0 Å². The average Bonchev–Trinajstić information content (AvgIpc) is 3.32. The lowest BCUT2D eigenvalue weighted by Crippen LogP contribution is -2.22. The van der Waals surface area contributed by atoms with E-state index in [1.165, 1.54) is 11.3 Å². The quantitative estimate of drug-likeness (QED) is 0.326. The lowest BCUT2D eigenvalue weighted by atomic mass is 10.1. The number of fused-ring (bicyclic) bond motifs is 3. The Balaban J connectivity index is 1.33. The van der Waals surface area contributed by atoms with Crippen LogP contribution >= 0.6 is 11.3 Å². The molecule has 0 fully saturated rings. The molecule has 2 aromatic heterocycles. The number of para-hydroxylation sites is 2. The highest BCUT2D eigenvalue weighted by Gasteiger charge is 2.11. The molecule has 0 aliphatic carbocycles. The fourth-order valence-corrected chi connectivity index (χ4v) is 4.97. The maximum Gasteiger partial charge on any atom is 0.274 e. The summed E-state index contributed by atoms with van der Waals surface area (Å²) in [7, 11) is 1.60. The molecule has 0 amide bonds. The molecule has 5 rings (SSSR count). The Hall–Kier alpha value is -3.84. The van der Waals surface area contributed by atoms with E-state index in [0.29, 0.717) is 34.2 Å². The van der Waals surface area contributed by atoms with Gasteiger partial charge in [0.25, 0.3) is 5.56 Å². The van der Waals surface area contributed by atoms with Crippen LogP contribution in [-0.2, 0) is 0 Å². The lowest BCUT2D eigenvalue weighted by molar-refractivity contribution is 0.211. The monoisotopic (exact) mass is 472 g/mol. The summed E-state index contributed by atoms with van der Waals surface area (Å²) in [5.74, 6) is 2.05. The highest BCUT2D eigenvalue weighted by molar-refractivity contribution is 7.15. The summed E-state index contributed by atoms with van der Waals surface area (Å²) in [4.78, 5) is 18.2. The van der Waals surface area contributed by atoms with Crippen molar-refractivity contribution in [2.45, 2.75) is 13.8 Å². The first kappa shape index (κ1) is 22.0. The Bertz CT molecular complexity index is 1580. The molecule has 0 saturated heterocycles. The molecule has 0 N–H and O–H groups in total. The fourth-order valence-electron chi connectivity index (χ4n) is 3.98. The largest absolute Gasteiger partial charge is 0.493 e. The maximum absolute atomic E-state index is 13.0. The van der Waals surface area contributed by atoms with Gasteiger partial charge in [0.15, 0.2) is 16.5 Å². The van der Waals surface area contributed by atoms with Crippen molar-refractivity contribution < 1.29 is 14.2 Å². The number of aryl methyl sites for hydroxylation is 2. The van der Waals surface area contributed by atoms with Gasteiger partial charge in [-0.25, -0.2) is 9.38 Å². The number of nitrogens with zero attached hydrogens (tertiary/aromatic N) is 2. The van der Waals surface area contributed by atoms with Crippen molar-refractivity contribution >= 4 is 33.4 Å². The molecule has 0 saturated carbocycles. The molecule has 34 heavy (non-hydrogen) atoms. The van der Waals surface area contributed by atoms with Gasteiger partial charge in [-0.2, -0.15) is 0 Å². The molecular weight excluding hydrogens is 448 g/mol. The van der Waals surface area contributed by atoms with E-state index in [2.05, 4.69) is 11.1 Å². The Labute approximate surface area is 200 Å². The molecule has 172 valence electrons. The lowest BCUT2D eigenvalue weighted by Gasteiger charge is -2.12. The van der Waals surface area contributed by atoms with Crippen LogP contribution in [-0.4, -0.2) is 29.7 Å². The van der Waals surface area contributed by atoms with E-state index in [0.717, 1.165) is 33.5 Å². The van der Waals surface area contributed by atoms with E-state index < -0.39 is 0 Å². The first-order chi connectivity index (χ1) is 16.5. The number of hydrogen-bond acceptors (Lipinski definition) is 6. The zero-order chi connectivity index (χ0) is 23.7. The molecule has 0 spiro atoms. The van der Waals surface area contributed by atoms with E-state index in [-0.39, 0.29) is 5.56 Å². The molecule has 5 aromatic rings. The van der Waals surface area contributed by atoms with Gasteiger partial charge in [0.2, 0.25) is 0 Å². The first-order valence-corrected chi connectivity index (χ1v) is 11.8. The van der Waals surface area contributed by atoms with Gasteiger partial charge >= 0.3 is 0 Å². The predicted molar refractivity (Wildman–Crippen MR) is 136 cm³/mol. The SMILES string of the molecule is COc1cc(/C=c2\sc3nc4ccccc4n3c2=O)ccc1OCCOc1cc(C)cc(C)c1. The summed E-state index contributed by atoms with van der Waals surface area (Å²) < 4.78 is 19.5. The van der Waals surface area contributed by atoms with Gasteiger partial charge in [-0.05, 0) is 73.0 Å². The third kappa shape index (κ3) is 4.34. The average molecular weight is 473 g/mol.